The fourth-order valence-electron chi connectivity index (χ4n) is 4.68. The summed E-state index contributed by atoms with van der Waals surface area (Å²) in [6, 6.07) is 30.2. The summed E-state index contributed by atoms with van der Waals surface area (Å²) in [5.74, 6) is -1.17. The molecule has 0 bridgehead atoms. The van der Waals surface area contributed by atoms with Crippen molar-refractivity contribution in [2.75, 3.05) is 6.61 Å². The Morgan fingerprint density at radius 2 is 1.28 bits per heavy atom. The van der Waals surface area contributed by atoms with Crippen molar-refractivity contribution in [3.05, 3.63) is 108 Å². The van der Waals surface area contributed by atoms with Gasteiger partial charge in [-0.25, -0.2) is 0 Å². The highest BCUT2D eigenvalue weighted by Crippen LogP contribution is 2.57. The van der Waals surface area contributed by atoms with E-state index in [0.717, 1.165) is 16.7 Å². The Morgan fingerprint density at radius 1 is 0.828 bits per heavy atom. The van der Waals surface area contributed by atoms with E-state index in [4.69, 9.17) is 4.74 Å². The van der Waals surface area contributed by atoms with Crippen molar-refractivity contribution in [3.63, 3.8) is 0 Å². The maximum atomic E-state index is 12.2. The minimum Gasteiger partial charge on any atom is -0.481 e. The Bertz CT molecular complexity index is 876. The molecule has 3 aromatic carbocycles. The molecule has 3 atom stereocenters. The Kier molecular flexibility index (Phi) is 5.77. The van der Waals surface area contributed by atoms with E-state index in [9.17, 15) is 9.90 Å². The van der Waals surface area contributed by atoms with E-state index in [-0.39, 0.29) is 23.9 Å². The van der Waals surface area contributed by atoms with Crippen molar-refractivity contribution in [1.29, 1.82) is 0 Å². The average Bonchev–Trinajstić information content (AvgIpc) is 2.75. The second kappa shape index (κ2) is 8.62. The molecule has 1 aliphatic rings. The second-order valence-electron chi connectivity index (χ2n) is 7.79. The van der Waals surface area contributed by atoms with Gasteiger partial charge in [-0.05, 0) is 29.5 Å². The zero-order valence-corrected chi connectivity index (χ0v) is 16.5. The molecule has 3 nitrogen and oxygen atoms in total. The molecule has 0 spiro atoms. The summed E-state index contributed by atoms with van der Waals surface area (Å²) in [6.45, 7) is 2.58. The summed E-state index contributed by atoms with van der Waals surface area (Å²) >= 11 is 0. The van der Waals surface area contributed by atoms with Gasteiger partial charge < -0.3 is 9.84 Å². The Morgan fingerprint density at radius 3 is 1.72 bits per heavy atom. The van der Waals surface area contributed by atoms with Gasteiger partial charge in [0.15, 0.2) is 0 Å². The standard InChI is InChI=1S/C26H26O3/c1-18(19-11-5-2-6-12-19)29-17-22-23(20-13-7-3-8-14-20)25(26(27)28)24(22)21-15-9-4-10-16-21/h2-16,18,22-25H,17H2,1H3,(H,27,28)/t18-,22-,23-,24-,25-/m0/s1. The summed E-state index contributed by atoms with van der Waals surface area (Å²) in [7, 11) is 0. The first kappa shape index (κ1) is 19.4. The highest BCUT2D eigenvalue weighted by molar-refractivity contribution is 5.75. The van der Waals surface area contributed by atoms with Gasteiger partial charge in [0.05, 0.1) is 18.6 Å². The summed E-state index contributed by atoms with van der Waals surface area (Å²) in [5, 5.41) is 10.0. The summed E-state index contributed by atoms with van der Waals surface area (Å²) < 4.78 is 6.27. The van der Waals surface area contributed by atoms with E-state index in [2.05, 4.69) is 19.1 Å². The number of carbonyl (C=O) groups is 1. The maximum Gasteiger partial charge on any atom is 0.307 e. The third-order valence-electron chi connectivity index (χ3n) is 6.16. The number of hydrogen-bond acceptors (Lipinski definition) is 2. The van der Waals surface area contributed by atoms with Crippen LogP contribution in [0.3, 0.4) is 0 Å². The predicted molar refractivity (Wildman–Crippen MR) is 114 cm³/mol. The zero-order chi connectivity index (χ0) is 20.2. The van der Waals surface area contributed by atoms with E-state index in [1.54, 1.807) is 0 Å². The van der Waals surface area contributed by atoms with Gasteiger partial charge in [-0.15, -0.1) is 0 Å². The molecule has 0 saturated heterocycles. The number of hydrogen-bond donors (Lipinski definition) is 1. The van der Waals surface area contributed by atoms with Crippen LogP contribution in [0.25, 0.3) is 0 Å². The zero-order valence-electron chi connectivity index (χ0n) is 16.5. The lowest BCUT2D eigenvalue weighted by atomic mass is 9.53. The van der Waals surface area contributed by atoms with E-state index in [0.29, 0.717) is 6.61 Å². The summed E-state index contributed by atoms with van der Waals surface area (Å²) in [5.41, 5.74) is 3.29. The Hall–Kier alpha value is -2.91. The van der Waals surface area contributed by atoms with E-state index < -0.39 is 11.9 Å². The molecule has 1 N–H and O–H groups in total. The molecule has 29 heavy (non-hydrogen) atoms. The Balaban J connectivity index is 1.61. The van der Waals surface area contributed by atoms with Crippen molar-refractivity contribution < 1.29 is 14.6 Å². The van der Waals surface area contributed by atoms with Gasteiger partial charge in [0, 0.05) is 11.8 Å². The number of carboxylic acids is 1. The molecule has 1 saturated carbocycles. The van der Waals surface area contributed by atoms with Gasteiger partial charge in [0.1, 0.15) is 0 Å². The van der Waals surface area contributed by atoms with Gasteiger partial charge in [-0.1, -0.05) is 91.0 Å². The summed E-state index contributed by atoms with van der Waals surface area (Å²) in [4.78, 5) is 12.2. The van der Waals surface area contributed by atoms with Crippen molar-refractivity contribution >= 4 is 5.97 Å². The summed E-state index contributed by atoms with van der Waals surface area (Å²) in [6.07, 6.45) is -0.0343. The van der Waals surface area contributed by atoms with E-state index >= 15 is 0 Å². The number of ether oxygens (including phenoxy) is 1. The number of aliphatic carboxylic acids is 1. The minimum absolute atomic E-state index is 0.0343. The first-order valence-corrected chi connectivity index (χ1v) is 10.2. The highest BCUT2D eigenvalue weighted by Gasteiger charge is 2.55. The van der Waals surface area contributed by atoms with Crippen LogP contribution in [0, 0.1) is 11.8 Å². The molecule has 3 heteroatoms. The monoisotopic (exact) mass is 386 g/mol. The molecule has 0 radical (unpaired) electrons. The van der Waals surface area contributed by atoms with Crippen molar-refractivity contribution in [3.8, 4) is 0 Å². The molecular formula is C26H26O3. The van der Waals surface area contributed by atoms with Crippen LogP contribution in [0.15, 0.2) is 91.0 Å². The van der Waals surface area contributed by atoms with Gasteiger partial charge >= 0.3 is 5.97 Å². The van der Waals surface area contributed by atoms with Crippen LogP contribution in [0.1, 0.15) is 41.6 Å². The maximum absolute atomic E-state index is 12.2. The third-order valence-corrected chi connectivity index (χ3v) is 6.16. The van der Waals surface area contributed by atoms with Crippen LogP contribution in [-0.2, 0) is 9.53 Å². The van der Waals surface area contributed by atoms with Crippen LogP contribution in [-0.4, -0.2) is 17.7 Å². The molecule has 148 valence electrons. The SMILES string of the molecule is C[C@H](OC[C@H]1[C@H](c2ccccc2)[C@H](C(=O)O)[C@H]1c1ccccc1)c1ccccc1. The smallest absolute Gasteiger partial charge is 0.307 e. The second-order valence-corrected chi connectivity index (χ2v) is 7.79. The quantitative estimate of drug-likeness (QED) is 0.570. The van der Waals surface area contributed by atoms with Crippen molar-refractivity contribution in [2.45, 2.75) is 24.9 Å². The number of rotatable bonds is 7. The van der Waals surface area contributed by atoms with Crippen molar-refractivity contribution in [1.82, 2.24) is 0 Å². The molecule has 0 unspecified atom stereocenters. The third kappa shape index (κ3) is 3.96. The Labute approximate surface area is 172 Å². The molecule has 4 rings (SSSR count). The molecule has 0 aliphatic heterocycles. The fourth-order valence-corrected chi connectivity index (χ4v) is 4.68. The van der Waals surface area contributed by atoms with Gasteiger partial charge in [0.2, 0.25) is 0 Å². The van der Waals surface area contributed by atoms with Crippen LogP contribution in [0.2, 0.25) is 0 Å². The molecule has 0 heterocycles. The fraction of sp³-hybridized carbons (Fsp3) is 0.269. The first-order chi connectivity index (χ1) is 14.2. The topological polar surface area (TPSA) is 46.5 Å². The average molecular weight is 386 g/mol. The molecule has 0 amide bonds. The normalized spacial score (nSPS) is 24.4. The number of carboxylic acid groups (broad SMARTS) is 1. The van der Waals surface area contributed by atoms with E-state index in [1.807, 2.05) is 78.9 Å². The molecule has 0 aromatic heterocycles. The van der Waals surface area contributed by atoms with Crippen LogP contribution < -0.4 is 0 Å². The van der Waals surface area contributed by atoms with Crippen LogP contribution in [0.5, 0.6) is 0 Å². The van der Waals surface area contributed by atoms with Crippen LogP contribution >= 0.6 is 0 Å². The largest absolute Gasteiger partial charge is 0.481 e. The predicted octanol–water partition coefficient (Wildman–Crippen LogP) is 5.66. The van der Waals surface area contributed by atoms with Crippen molar-refractivity contribution in [2.24, 2.45) is 11.8 Å². The molecule has 1 fully saturated rings. The molecule has 1 aliphatic carbocycles. The minimum atomic E-state index is -0.736. The van der Waals surface area contributed by atoms with Gasteiger partial charge in [-0.2, -0.15) is 0 Å². The number of benzene rings is 3. The lowest BCUT2D eigenvalue weighted by molar-refractivity contribution is -0.152. The van der Waals surface area contributed by atoms with E-state index in [1.165, 1.54) is 0 Å². The highest BCUT2D eigenvalue weighted by atomic mass is 16.5. The van der Waals surface area contributed by atoms with Gasteiger partial charge in [-0.3, -0.25) is 4.79 Å². The molecular weight excluding hydrogens is 360 g/mol. The van der Waals surface area contributed by atoms with Gasteiger partial charge in [0.25, 0.3) is 0 Å². The lowest BCUT2D eigenvalue weighted by Gasteiger charge is -2.51. The molecule has 3 aromatic rings. The first-order valence-electron chi connectivity index (χ1n) is 10.2. The van der Waals surface area contributed by atoms with Crippen LogP contribution in [0.4, 0.5) is 0 Å². The lowest BCUT2D eigenvalue weighted by Crippen LogP contribution is -2.49.